The van der Waals surface area contributed by atoms with Crippen molar-refractivity contribution in [3.8, 4) is 0 Å². The summed E-state index contributed by atoms with van der Waals surface area (Å²) < 4.78 is 0. The first-order chi connectivity index (χ1) is 13.6. The highest BCUT2D eigenvalue weighted by atomic mass is 35.5. The van der Waals surface area contributed by atoms with Crippen LogP contribution in [0.3, 0.4) is 0 Å². The number of amides is 1. The van der Waals surface area contributed by atoms with Crippen molar-refractivity contribution in [1.82, 2.24) is 14.9 Å². The van der Waals surface area contributed by atoms with Crippen molar-refractivity contribution in [3.05, 3.63) is 45.6 Å². The van der Waals surface area contributed by atoms with Gasteiger partial charge in [0, 0.05) is 33.8 Å². The fourth-order valence-electron chi connectivity index (χ4n) is 3.98. The van der Waals surface area contributed by atoms with Crippen molar-refractivity contribution in [2.45, 2.75) is 37.8 Å². The average molecular weight is 417 g/mol. The molecule has 28 heavy (non-hydrogen) atoms. The molecule has 1 fully saturated rings. The number of nitrogens with zero attached hydrogens (tertiary/aromatic N) is 2. The Morgan fingerprint density at radius 3 is 3.00 bits per heavy atom. The van der Waals surface area contributed by atoms with Crippen LogP contribution >= 0.6 is 22.9 Å². The summed E-state index contributed by atoms with van der Waals surface area (Å²) in [5, 5.41) is 15.5. The van der Waals surface area contributed by atoms with Crippen LogP contribution < -0.4 is 5.32 Å². The van der Waals surface area contributed by atoms with Crippen LogP contribution in [0.5, 0.6) is 0 Å². The van der Waals surface area contributed by atoms with Crippen molar-refractivity contribution in [3.63, 3.8) is 0 Å². The van der Waals surface area contributed by atoms with Crippen LogP contribution in [-0.4, -0.2) is 44.6 Å². The van der Waals surface area contributed by atoms with Crippen LogP contribution in [0.4, 0.5) is 5.13 Å². The predicted octanol–water partition coefficient (Wildman–Crippen LogP) is 3.80. The third kappa shape index (κ3) is 2.98. The lowest BCUT2D eigenvalue weighted by Crippen LogP contribution is -2.48. The van der Waals surface area contributed by atoms with Gasteiger partial charge in [-0.25, -0.2) is 4.98 Å². The molecule has 1 aliphatic carbocycles. The molecule has 2 aliphatic rings. The standard InChI is InChI=1S/C20H21ClN4O2S/c21-13-3-1-4-14-12(13)9-16(22-14)18(27)25-8-5-15-17(10-25)28-19(23-15)24-20(11-26)6-2-7-20/h1,3-4,9,22,26H,2,5-8,10-11H2,(H,23,24). The number of anilines is 1. The van der Waals surface area contributed by atoms with Gasteiger partial charge < -0.3 is 20.3 Å². The Balaban J connectivity index is 1.35. The Bertz CT molecular complexity index is 1050. The van der Waals surface area contributed by atoms with Gasteiger partial charge >= 0.3 is 0 Å². The van der Waals surface area contributed by atoms with E-state index in [2.05, 4.69) is 10.3 Å². The molecule has 0 saturated heterocycles. The summed E-state index contributed by atoms with van der Waals surface area (Å²) in [4.78, 5) is 23.9. The van der Waals surface area contributed by atoms with Gasteiger partial charge in [-0.1, -0.05) is 29.0 Å². The van der Waals surface area contributed by atoms with E-state index in [-0.39, 0.29) is 18.1 Å². The van der Waals surface area contributed by atoms with Crippen molar-refractivity contribution < 1.29 is 9.90 Å². The lowest BCUT2D eigenvalue weighted by molar-refractivity contribution is 0.0731. The number of carbonyl (C=O) groups excluding carboxylic acids is 1. The summed E-state index contributed by atoms with van der Waals surface area (Å²) in [5.74, 6) is -0.0216. The third-order valence-corrected chi connectivity index (χ3v) is 7.17. The highest BCUT2D eigenvalue weighted by Gasteiger charge is 2.37. The summed E-state index contributed by atoms with van der Waals surface area (Å²) in [6, 6.07) is 7.45. The van der Waals surface area contributed by atoms with Gasteiger partial charge in [-0.2, -0.15) is 0 Å². The number of benzene rings is 1. The summed E-state index contributed by atoms with van der Waals surface area (Å²) in [6.07, 6.45) is 3.82. The molecule has 0 unspecified atom stereocenters. The molecule has 3 heterocycles. The van der Waals surface area contributed by atoms with Gasteiger partial charge in [-0.05, 0) is 37.5 Å². The number of H-pyrrole nitrogens is 1. The first-order valence-electron chi connectivity index (χ1n) is 9.51. The maximum absolute atomic E-state index is 13.0. The number of hydrogen-bond donors (Lipinski definition) is 3. The third-order valence-electron chi connectivity index (χ3n) is 5.85. The van der Waals surface area contributed by atoms with Crippen LogP contribution in [0.2, 0.25) is 5.02 Å². The molecule has 8 heteroatoms. The van der Waals surface area contributed by atoms with Gasteiger partial charge in [0.25, 0.3) is 5.91 Å². The van der Waals surface area contributed by atoms with Gasteiger partial charge in [0.05, 0.1) is 24.4 Å². The number of aliphatic hydroxyl groups excluding tert-OH is 1. The van der Waals surface area contributed by atoms with Crippen molar-refractivity contribution in [2.24, 2.45) is 0 Å². The quantitative estimate of drug-likeness (QED) is 0.604. The largest absolute Gasteiger partial charge is 0.394 e. The molecule has 0 bridgehead atoms. The number of aromatic nitrogens is 2. The van der Waals surface area contributed by atoms with E-state index in [1.165, 1.54) is 0 Å². The highest BCUT2D eigenvalue weighted by molar-refractivity contribution is 7.15. The number of aromatic amines is 1. The fraction of sp³-hybridized carbons (Fsp3) is 0.400. The van der Waals surface area contributed by atoms with E-state index < -0.39 is 0 Å². The minimum absolute atomic E-state index is 0.0216. The number of hydrogen-bond acceptors (Lipinski definition) is 5. The molecule has 1 aromatic carbocycles. The van der Waals surface area contributed by atoms with Crippen LogP contribution in [0.15, 0.2) is 24.3 Å². The van der Waals surface area contributed by atoms with Crippen molar-refractivity contribution >= 4 is 44.9 Å². The van der Waals surface area contributed by atoms with E-state index in [1.54, 1.807) is 11.3 Å². The molecule has 6 nitrogen and oxygen atoms in total. The van der Waals surface area contributed by atoms with E-state index in [9.17, 15) is 9.90 Å². The Labute approximate surface area is 171 Å². The summed E-state index contributed by atoms with van der Waals surface area (Å²) in [5.41, 5.74) is 2.28. The second-order valence-electron chi connectivity index (χ2n) is 7.67. The molecule has 2 aromatic heterocycles. The molecule has 1 aliphatic heterocycles. The number of fused-ring (bicyclic) bond motifs is 2. The van der Waals surface area contributed by atoms with Gasteiger partial charge in [-0.15, -0.1) is 0 Å². The number of rotatable bonds is 4. The van der Waals surface area contributed by atoms with E-state index in [0.717, 1.165) is 52.3 Å². The predicted molar refractivity (Wildman–Crippen MR) is 111 cm³/mol. The number of nitrogens with one attached hydrogen (secondary N) is 2. The monoisotopic (exact) mass is 416 g/mol. The average Bonchev–Trinajstić information content (AvgIpc) is 3.27. The molecule has 1 amide bonds. The molecular formula is C20H21ClN4O2S. The molecule has 5 rings (SSSR count). The second-order valence-corrected chi connectivity index (χ2v) is 9.16. The van der Waals surface area contributed by atoms with E-state index in [4.69, 9.17) is 16.6 Å². The van der Waals surface area contributed by atoms with Crippen LogP contribution in [0.1, 0.15) is 40.3 Å². The molecule has 3 N–H and O–H groups in total. The van der Waals surface area contributed by atoms with Gasteiger partial charge in [0.15, 0.2) is 5.13 Å². The van der Waals surface area contributed by atoms with Gasteiger partial charge in [-0.3, -0.25) is 4.79 Å². The molecule has 0 radical (unpaired) electrons. The number of aliphatic hydroxyl groups is 1. The Morgan fingerprint density at radius 2 is 2.29 bits per heavy atom. The zero-order valence-electron chi connectivity index (χ0n) is 15.3. The van der Waals surface area contributed by atoms with Crippen molar-refractivity contribution in [1.29, 1.82) is 0 Å². The number of carbonyl (C=O) groups is 1. The molecule has 0 spiro atoms. The zero-order chi connectivity index (χ0) is 19.3. The normalized spacial score (nSPS) is 18.0. The minimum atomic E-state index is -0.209. The lowest BCUT2D eigenvalue weighted by Gasteiger charge is -2.40. The number of halogens is 1. The first-order valence-corrected chi connectivity index (χ1v) is 10.7. The van der Waals surface area contributed by atoms with Gasteiger partial charge in [0.1, 0.15) is 5.69 Å². The van der Waals surface area contributed by atoms with Crippen LogP contribution in [-0.2, 0) is 13.0 Å². The highest BCUT2D eigenvalue weighted by Crippen LogP contribution is 2.37. The molecule has 1 saturated carbocycles. The zero-order valence-corrected chi connectivity index (χ0v) is 16.9. The topological polar surface area (TPSA) is 81.2 Å². The number of thiazole rings is 1. The lowest BCUT2D eigenvalue weighted by atomic mass is 9.77. The Kier molecular flexibility index (Phi) is 4.34. The molecule has 146 valence electrons. The van der Waals surface area contributed by atoms with E-state index in [1.807, 2.05) is 29.2 Å². The molecular weight excluding hydrogens is 396 g/mol. The maximum Gasteiger partial charge on any atom is 0.270 e. The summed E-state index contributed by atoms with van der Waals surface area (Å²) >= 11 is 7.83. The Hall–Kier alpha value is -2.09. The Morgan fingerprint density at radius 1 is 1.43 bits per heavy atom. The maximum atomic E-state index is 13.0. The van der Waals surface area contributed by atoms with Crippen LogP contribution in [0, 0.1) is 0 Å². The molecule has 0 atom stereocenters. The van der Waals surface area contributed by atoms with Crippen LogP contribution in [0.25, 0.3) is 10.9 Å². The summed E-state index contributed by atoms with van der Waals surface area (Å²) in [7, 11) is 0. The van der Waals surface area contributed by atoms with E-state index >= 15 is 0 Å². The SMILES string of the molecule is O=C(c1cc2c(Cl)cccc2[nH]1)N1CCc2nc(NC3(CO)CCC3)sc2C1. The smallest absolute Gasteiger partial charge is 0.270 e. The minimum Gasteiger partial charge on any atom is -0.394 e. The van der Waals surface area contributed by atoms with Crippen molar-refractivity contribution in [2.75, 3.05) is 18.5 Å². The fourth-order valence-corrected chi connectivity index (χ4v) is 5.35. The molecule has 3 aromatic rings. The first kappa shape index (κ1) is 18.0. The summed E-state index contributed by atoms with van der Waals surface area (Å²) in [6.45, 7) is 1.33. The van der Waals surface area contributed by atoms with Gasteiger partial charge in [0.2, 0.25) is 0 Å². The second kappa shape index (κ2) is 6.76. The van der Waals surface area contributed by atoms with E-state index in [0.29, 0.717) is 23.8 Å².